The van der Waals surface area contributed by atoms with Gasteiger partial charge in [-0.3, -0.25) is 4.79 Å². The SMILES string of the molecule is CC(C)CN(Cc1ccc(Cl)cc1)S(=O)(=O)c1ccc(OC2C(O)CNCC2C(=O)OC(C)(C)C)cc1. The molecule has 0 aliphatic carbocycles. The van der Waals surface area contributed by atoms with Crippen molar-refractivity contribution >= 4 is 27.6 Å². The van der Waals surface area contributed by atoms with Crippen LogP contribution in [-0.2, 0) is 26.1 Å². The summed E-state index contributed by atoms with van der Waals surface area (Å²) in [6.07, 6.45) is -1.77. The van der Waals surface area contributed by atoms with E-state index in [-0.39, 0.29) is 23.9 Å². The average Bonchev–Trinajstić information content (AvgIpc) is 2.80. The molecule has 0 saturated carbocycles. The van der Waals surface area contributed by atoms with Crippen LogP contribution in [0.15, 0.2) is 53.4 Å². The molecule has 3 rings (SSSR count). The molecule has 1 heterocycles. The monoisotopic (exact) mass is 552 g/mol. The zero-order valence-corrected chi connectivity index (χ0v) is 23.6. The number of rotatable bonds is 9. The summed E-state index contributed by atoms with van der Waals surface area (Å²) in [6.45, 7) is 10.4. The third-order valence-corrected chi connectivity index (χ3v) is 7.86. The Balaban J connectivity index is 1.79. The summed E-state index contributed by atoms with van der Waals surface area (Å²) in [5.74, 6) is -0.704. The van der Waals surface area contributed by atoms with E-state index in [1.54, 1.807) is 45.0 Å². The third kappa shape index (κ3) is 8.15. The first-order chi connectivity index (χ1) is 17.3. The molecule has 2 aromatic rings. The standard InChI is InChI=1S/C27H37ClN2O6S/c1-18(2)16-30(17-19-6-8-20(28)9-7-19)37(33,34)22-12-10-21(11-13-22)35-25-23(14-29-15-24(25)31)26(32)36-27(3,4)5/h6-13,18,23-25,29,31H,14-17H2,1-5H3. The third-order valence-electron chi connectivity index (χ3n) is 5.78. The molecule has 1 saturated heterocycles. The lowest BCUT2D eigenvalue weighted by Crippen LogP contribution is -2.56. The van der Waals surface area contributed by atoms with Gasteiger partial charge in [0.1, 0.15) is 29.5 Å². The predicted octanol–water partition coefficient (Wildman–Crippen LogP) is 3.86. The van der Waals surface area contributed by atoms with Gasteiger partial charge in [0.05, 0.1) is 4.90 Å². The molecule has 8 nitrogen and oxygen atoms in total. The van der Waals surface area contributed by atoms with Crippen LogP contribution in [0.5, 0.6) is 5.75 Å². The van der Waals surface area contributed by atoms with Crippen LogP contribution in [-0.4, -0.2) is 61.2 Å². The zero-order chi connectivity index (χ0) is 27.4. The molecule has 2 N–H and O–H groups in total. The van der Waals surface area contributed by atoms with Gasteiger partial charge in [0.15, 0.2) is 0 Å². The van der Waals surface area contributed by atoms with Gasteiger partial charge in [0.25, 0.3) is 0 Å². The van der Waals surface area contributed by atoms with Crippen LogP contribution in [0.4, 0.5) is 0 Å². The first-order valence-corrected chi connectivity index (χ1v) is 14.2. The van der Waals surface area contributed by atoms with Crippen molar-refractivity contribution in [3.05, 3.63) is 59.1 Å². The van der Waals surface area contributed by atoms with Crippen molar-refractivity contribution < 1.29 is 27.8 Å². The lowest BCUT2D eigenvalue weighted by molar-refractivity contribution is -0.167. The topological polar surface area (TPSA) is 105 Å². The smallest absolute Gasteiger partial charge is 0.314 e. The van der Waals surface area contributed by atoms with Gasteiger partial charge < -0.3 is 19.9 Å². The fraction of sp³-hybridized carbons (Fsp3) is 0.519. The van der Waals surface area contributed by atoms with E-state index in [0.717, 1.165) is 5.56 Å². The molecular formula is C27H37ClN2O6S. The van der Waals surface area contributed by atoms with Crippen molar-refractivity contribution in [2.24, 2.45) is 11.8 Å². The van der Waals surface area contributed by atoms with E-state index in [2.05, 4.69) is 5.32 Å². The van der Waals surface area contributed by atoms with Gasteiger partial charge in [-0.15, -0.1) is 0 Å². The van der Waals surface area contributed by atoms with Crippen molar-refractivity contribution in [1.82, 2.24) is 9.62 Å². The van der Waals surface area contributed by atoms with Crippen LogP contribution in [0.1, 0.15) is 40.2 Å². The molecule has 1 fully saturated rings. The lowest BCUT2D eigenvalue weighted by Gasteiger charge is -2.36. The minimum absolute atomic E-state index is 0.121. The molecule has 3 unspecified atom stereocenters. The Bertz CT molecular complexity index is 1150. The second-order valence-corrected chi connectivity index (χ2v) is 13.1. The number of carbonyl (C=O) groups is 1. The first-order valence-electron chi connectivity index (χ1n) is 12.4. The predicted molar refractivity (Wildman–Crippen MR) is 143 cm³/mol. The number of hydrogen-bond donors (Lipinski definition) is 2. The second kappa shape index (κ2) is 12.1. The second-order valence-electron chi connectivity index (χ2n) is 10.7. The largest absolute Gasteiger partial charge is 0.487 e. The molecule has 1 aliphatic rings. The number of nitrogens with zero attached hydrogens (tertiary/aromatic N) is 1. The molecule has 3 atom stereocenters. The Hall–Kier alpha value is -2.17. The number of esters is 1. The number of aliphatic hydroxyl groups excluding tert-OH is 1. The number of ether oxygens (including phenoxy) is 2. The Morgan fingerprint density at radius 2 is 1.73 bits per heavy atom. The minimum atomic E-state index is -3.80. The summed E-state index contributed by atoms with van der Waals surface area (Å²) < 4.78 is 40.0. The molecule has 2 aromatic carbocycles. The van der Waals surface area contributed by atoms with E-state index >= 15 is 0 Å². The van der Waals surface area contributed by atoms with Crippen LogP contribution in [0, 0.1) is 11.8 Å². The van der Waals surface area contributed by atoms with Gasteiger partial charge >= 0.3 is 5.97 Å². The summed E-state index contributed by atoms with van der Waals surface area (Å²) in [7, 11) is -3.80. The van der Waals surface area contributed by atoms with Crippen LogP contribution in [0.2, 0.25) is 5.02 Å². The van der Waals surface area contributed by atoms with Crippen molar-refractivity contribution in [2.75, 3.05) is 19.6 Å². The number of halogens is 1. The Labute approximate surface area is 225 Å². The van der Waals surface area contributed by atoms with Gasteiger partial charge in [-0.1, -0.05) is 37.6 Å². The molecule has 204 valence electrons. The molecule has 10 heteroatoms. The highest BCUT2D eigenvalue weighted by Crippen LogP contribution is 2.27. The fourth-order valence-corrected chi connectivity index (χ4v) is 5.81. The van der Waals surface area contributed by atoms with Gasteiger partial charge in [0.2, 0.25) is 10.0 Å². The van der Waals surface area contributed by atoms with Crippen LogP contribution < -0.4 is 10.1 Å². The number of sulfonamides is 1. The molecule has 0 spiro atoms. The molecule has 0 amide bonds. The fourth-order valence-electron chi connectivity index (χ4n) is 4.09. The van der Waals surface area contributed by atoms with Gasteiger partial charge in [0, 0.05) is 31.2 Å². The van der Waals surface area contributed by atoms with E-state index in [0.29, 0.717) is 23.9 Å². The Morgan fingerprint density at radius 1 is 1.11 bits per heavy atom. The average molecular weight is 553 g/mol. The molecule has 0 bridgehead atoms. The first kappa shape index (κ1) is 29.4. The maximum atomic E-state index is 13.5. The van der Waals surface area contributed by atoms with Crippen molar-refractivity contribution in [1.29, 1.82) is 0 Å². The van der Waals surface area contributed by atoms with Crippen molar-refractivity contribution in [2.45, 2.75) is 63.9 Å². The van der Waals surface area contributed by atoms with Gasteiger partial charge in [-0.2, -0.15) is 4.31 Å². The van der Waals surface area contributed by atoms with Crippen molar-refractivity contribution in [3.63, 3.8) is 0 Å². The number of hydrogen-bond acceptors (Lipinski definition) is 7. The summed E-state index contributed by atoms with van der Waals surface area (Å²) in [6, 6.07) is 13.2. The highest BCUT2D eigenvalue weighted by Gasteiger charge is 2.41. The Morgan fingerprint density at radius 3 is 2.30 bits per heavy atom. The lowest BCUT2D eigenvalue weighted by atomic mass is 9.93. The Kier molecular flexibility index (Phi) is 9.63. The van der Waals surface area contributed by atoms with E-state index in [1.807, 2.05) is 26.0 Å². The summed E-state index contributed by atoms with van der Waals surface area (Å²) >= 11 is 5.98. The summed E-state index contributed by atoms with van der Waals surface area (Å²) in [5, 5.41) is 14.2. The molecule has 0 aromatic heterocycles. The highest BCUT2D eigenvalue weighted by atomic mass is 35.5. The quantitative estimate of drug-likeness (QED) is 0.455. The van der Waals surface area contributed by atoms with Gasteiger partial charge in [-0.05, 0) is 68.7 Å². The minimum Gasteiger partial charge on any atom is -0.487 e. The van der Waals surface area contributed by atoms with E-state index in [1.165, 1.54) is 16.4 Å². The van der Waals surface area contributed by atoms with E-state index in [4.69, 9.17) is 21.1 Å². The molecule has 1 aliphatic heterocycles. The van der Waals surface area contributed by atoms with E-state index in [9.17, 15) is 18.3 Å². The van der Waals surface area contributed by atoms with E-state index < -0.39 is 39.7 Å². The number of β-amino-alcohol motifs (C(OH)–C–C–N with tert-alkyl or cyclic N) is 1. The normalized spacial score (nSPS) is 20.7. The number of nitrogens with one attached hydrogen (secondary N) is 1. The van der Waals surface area contributed by atoms with Gasteiger partial charge in [-0.25, -0.2) is 8.42 Å². The summed E-state index contributed by atoms with van der Waals surface area (Å²) in [4.78, 5) is 12.9. The maximum absolute atomic E-state index is 13.5. The van der Waals surface area contributed by atoms with Crippen LogP contribution in [0.3, 0.4) is 0 Å². The number of carbonyl (C=O) groups excluding carboxylic acids is 1. The summed E-state index contributed by atoms with van der Waals surface area (Å²) in [5.41, 5.74) is 0.162. The molecule has 37 heavy (non-hydrogen) atoms. The number of piperidine rings is 1. The van der Waals surface area contributed by atoms with Crippen LogP contribution >= 0.6 is 11.6 Å². The van der Waals surface area contributed by atoms with Crippen LogP contribution in [0.25, 0.3) is 0 Å². The molecule has 0 radical (unpaired) electrons. The van der Waals surface area contributed by atoms with Crippen molar-refractivity contribution in [3.8, 4) is 5.75 Å². The zero-order valence-electron chi connectivity index (χ0n) is 22.0. The maximum Gasteiger partial charge on any atom is 0.314 e. The highest BCUT2D eigenvalue weighted by molar-refractivity contribution is 7.89. The number of benzene rings is 2. The number of aliphatic hydroxyl groups is 1. The molecular weight excluding hydrogens is 516 g/mol.